The number of hydrogen-bond donors (Lipinski definition) is 1. The van der Waals surface area contributed by atoms with Crippen molar-refractivity contribution in [2.75, 3.05) is 0 Å². The van der Waals surface area contributed by atoms with E-state index in [4.69, 9.17) is 0 Å². The number of aromatic nitrogens is 2. The number of hydrogen-bond acceptors (Lipinski definition) is 2. The molecule has 1 heterocycles. The molecule has 1 saturated carbocycles. The average Bonchev–Trinajstić information content (AvgIpc) is 2.78. The number of carbonyl (C=O) groups is 1. The molecule has 13 heavy (non-hydrogen) atoms. The zero-order valence-corrected chi connectivity index (χ0v) is 7.44. The minimum atomic E-state index is 0.137. The van der Waals surface area contributed by atoms with Gasteiger partial charge in [-0.05, 0) is 18.9 Å². The maximum absolute atomic E-state index is 11.2. The summed E-state index contributed by atoms with van der Waals surface area (Å²) in [6.07, 6.45) is 6.41. The summed E-state index contributed by atoms with van der Waals surface area (Å²) < 4.78 is 1.77. The lowest BCUT2D eigenvalue weighted by Gasteiger charge is -2.02. The van der Waals surface area contributed by atoms with E-state index in [-0.39, 0.29) is 5.91 Å². The molecule has 0 saturated heterocycles. The van der Waals surface area contributed by atoms with Crippen molar-refractivity contribution in [1.82, 2.24) is 15.1 Å². The van der Waals surface area contributed by atoms with Gasteiger partial charge in [-0.1, -0.05) is 0 Å². The van der Waals surface area contributed by atoms with Gasteiger partial charge in [-0.15, -0.1) is 0 Å². The van der Waals surface area contributed by atoms with Crippen molar-refractivity contribution >= 4 is 5.91 Å². The Kier molecular flexibility index (Phi) is 2.29. The first-order chi connectivity index (χ1) is 6.34. The Morgan fingerprint density at radius 3 is 3.08 bits per heavy atom. The monoisotopic (exact) mass is 179 g/mol. The lowest BCUT2D eigenvalue weighted by Crippen LogP contribution is -2.26. The standard InChI is InChI=1S/C9H13N3O/c13-9(11-8-2-3-8)4-7-12-6-1-5-10-12/h1,5-6,8H,2-4,7H2,(H,11,13). The lowest BCUT2D eigenvalue weighted by molar-refractivity contribution is -0.121. The van der Waals surface area contributed by atoms with Gasteiger partial charge in [0, 0.05) is 31.4 Å². The highest BCUT2D eigenvalue weighted by atomic mass is 16.1. The summed E-state index contributed by atoms with van der Waals surface area (Å²) in [5.41, 5.74) is 0. The van der Waals surface area contributed by atoms with Gasteiger partial charge in [-0.2, -0.15) is 5.10 Å². The number of amides is 1. The first-order valence-electron chi connectivity index (χ1n) is 4.61. The third-order valence-corrected chi connectivity index (χ3v) is 2.07. The molecule has 0 unspecified atom stereocenters. The molecule has 1 amide bonds. The first-order valence-corrected chi connectivity index (χ1v) is 4.61. The topological polar surface area (TPSA) is 46.9 Å². The molecule has 70 valence electrons. The highest BCUT2D eigenvalue weighted by molar-refractivity contribution is 5.76. The molecule has 1 aromatic heterocycles. The first kappa shape index (κ1) is 8.29. The molecule has 0 radical (unpaired) electrons. The molecule has 1 aromatic rings. The Hall–Kier alpha value is -1.32. The van der Waals surface area contributed by atoms with Crippen LogP contribution in [0.4, 0.5) is 0 Å². The van der Waals surface area contributed by atoms with Gasteiger partial charge < -0.3 is 5.32 Å². The maximum atomic E-state index is 11.2. The van der Waals surface area contributed by atoms with Crippen LogP contribution in [0.5, 0.6) is 0 Å². The molecule has 0 aliphatic heterocycles. The number of rotatable bonds is 4. The van der Waals surface area contributed by atoms with Gasteiger partial charge in [0.15, 0.2) is 0 Å². The molecular formula is C9H13N3O. The normalized spacial score (nSPS) is 15.7. The molecule has 2 rings (SSSR count). The molecule has 1 fully saturated rings. The van der Waals surface area contributed by atoms with E-state index in [2.05, 4.69) is 10.4 Å². The van der Waals surface area contributed by atoms with Crippen LogP contribution in [0.2, 0.25) is 0 Å². The number of nitrogens with one attached hydrogen (secondary N) is 1. The van der Waals surface area contributed by atoms with Crippen molar-refractivity contribution in [1.29, 1.82) is 0 Å². The van der Waals surface area contributed by atoms with Crippen molar-refractivity contribution in [3.05, 3.63) is 18.5 Å². The van der Waals surface area contributed by atoms with E-state index in [1.807, 2.05) is 12.3 Å². The van der Waals surface area contributed by atoms with Crippen LogP contribution in [0, 0.1) is 0 Å². The van der Waals surface area contributed by atoms with Gasteiger partial charge in [0.05, 0.1) is 0 Å². The van der Waals surface area contributed by atoms with Crippen LogP contribution in [0.1, 0.15) is 19.3 Å². The number of nitrogens with zero attached hydrogens (tertiary/aromatic N) is 2. The van der Waals surface area contributed by atoms with E-state index in [0.717, 1.165) is 12.8 Å². The Bertz CT molecular complexity index is 277. The Morgan fingerprint density at radius 2 is 2.46 bits per heavy atom. The second-order valence-electron chi connectivity index (χ2n) is 3.36. The van der Waals surface area contributed by atoms with Gasteiger partial charge in [0.2, 0.25) is 5.91 Å². The minimum absolute atomic E-state index is 0.137. The molecule has 1 N–H and O–H groups in total. The van der Waals surface area contributed by atoms with Crippen molar-refractivity contribution in [2.24, 2.45) is 0 Å². The maximum Gasteiger partial charge on any atom is 0.222 e. The molecule has 0 spiro atoms. The van der Waals surface area contributed by atoms with Crippen molar-refractivity contribution in [3.8, 4) is 0 Å². The summed E-state index contributed by atoms with van der Waals surface area (Å²) in [5.74, 6) is 0.137. The largest absolute Gasteiger partial charge is 0.353 e. The summed E-state index contributed by atoms with van der Waals surface area (Å²) >= 11 is 0. The molecule has 1 aliphatic carbocycles. The highest BCUT2D eigenvalue weighted by Gasteiger charge is 2.22. The average molecular weight is 179 g/mol. The lowest BCUT2D eigenvalue weighted by atomic mass is 10.4. The summed E-state index contributed by atoms with van der Waals surface area (Å²) in [6.45, 7) is 0.672. The van der Waals surface area contributed by atoms with Gasteiger partial charge in [-0.25, -0.2) is 0 Å². The van der Waals surface area contributed by atoms with Crippen LogP contribution >= 0.6 is 0 Å². The third-order valence-electron chi connectivity index (χ3n) is 2.07. The zero-order chi connectivity index (χ0) is 9.10. The molecule has 4 nitrogen and oxygen atoms in total. The summed E-state index contributed by atoms with van der Waals surface area (Å²) in [6, 6.07) is 2.32. The minimum Gasteiger partial charge on any atom is -0.353 e. The van der Waals surface area contributed by atoms with Gasteiger partial charge in [-0.3, -0.25) is 9.48 Å². The Morgan fingerprint density at radius 1 is 1.62 bits per heavy atom. The third kappa shape index (κ3) is 2.57. The summed E-state index contributed by atoms with van der Waals surface area (Å²) in [5, 5.41) is 6.96. The van der Waals surface area contributed by atoms with Crippen LogP contribution in [0.3, 0.4) is 0 Å². The van der Waals surface area contributed by atoms with Gasteiger partial charge >= 0.3 is 0 Å². The van der Waals surface area contributed by atoms with Crippen LogP contribution in [-0.4, -0.2) is 21.7 Å². The van der Waals surface area contributed by atoms with E-state index in [1.54, 1.807) is 10.9 Å². The smallest absolute Gasteiger partial charge is 0.222 e. The quantitative estimate of drug-likeness (QED) is 0.733. The molecule has 0 aromatic carbocycles. The second-order valence-corrected chi connectivity index (χ2v) is 3.36. The molecular weight excluding hydrogens is 166 g/mol. The van der Waals surface area contributed by atoms with E-state index < -0.39 is 0 Å². The SMILES string of the molecule is O=C(CCn1cccn1)NC1CC1. The fourth-order valence-electron chi connectivity index (χ4n) is 1.18. The van der Waals surface area contributed by atoms with E-state index in [9.17, 15) is 4.79 Å². The predicted molar refractivity (Wildman–Crippen MR) is 48.0 cm³/mol. The van der Waals surface area contributed by atoms with Gasteiger partial charge in [0.1, 0.15) is 0 Å². The second kappa shape index (κ2) is 3.60. The summed E-state index contributed by atoms with van der Waals surface area (Å²) in [7, 11) is 0. The van der Waals surface area contributed by atoms with E-state index >= 15 is 0 Å². The number of carbonyl (C=O) groups excluding carboxylic acids is 1. The molecule has 0 atom stereocenters. The van der Waals surface area contributed by atoms with Crippen LogP contribution in [0.15, 0.2) is 18.5 Å². The number of aryl methyl sites for hydroxylation is 1. The Labute approximate surface area is 76.9 Å². The van der Waals surface area contributed by atoms with Crippen molar-refractivity contribution < 1.29 is 4.79 Å². The molecule has 0 bridgehead atoms. The van der Waals surface area contributed by atoms with Crippen LogP contribution in [0.25, 0.3) is 0 Å². The van der Waals surface area contributed by atoms with Crippen LogP contribution < -0.4 is 5.32 Å². The molecule has 1 aliphatic rings. The fourth-order valence-corrected chi connectivity index (χ4v) is 1.18. The van der Waals surface area contributed by atoms with Crippen molar-refractivity contribution in [3.63, 3.8) is 0 Å². The van der Waals surface area contributed by atoms with Crippen LogP contribution in [-0.2, 0) is 11.3 Å². The predicted octanol–water partition coefficient (Wildman–Crippen LogP) is 0.552. The fraction of sp³-hybridized carbons (Fsp3) is 0.556. The molecule has 4 heteroatoms. The van der Waals surface area contributed by atoms with E-state index in [0.29, 0.717) is 19.0 Å². The van der Waals surface area contributed by atoms with E-state index in [1.165, 1.54) is 0 Å². The van der Waals surface area contributed by atoms with Crippen molar-refractivity contribution in [2.45, 2.75) is 31.8 Å². The zero-order valence-electron chi connectivity index (χ0n) is 7.44. The van der Waals surface area contributed by atoms with Gasteiger partial charge in [0.25, 0.3) is 0 Å². The summed E-state index contributed by atoms with van der Waals surface area (Å²) in [4.78, 5) is 11.2. The highest BCUT2D eigenvalue weighted by Crippen LogP contribution is 2.18. The Balaban J connectivity index is 1.69.